The normalized spacial score (nSPS) is 17.3. The monoisotopic (exact) mass is 395 g/mol. The predicted molar refractivity (Wildman–Crippen MR) is 106 cm³/mol. The Morgan fingerprint density at radius 3 is 2.90 bits per heavy atom. The van der Waals surface area contributed by atoms with Gasteiger partial charge in [-0.3, -0.25) is 9.69 Å². The van der Waals surface area contributed by atoms with Crippen molar-refractivity contribution in [1.82, 2.24) is 25.5 Å². The number of nitrogens with one attached hydrogen (secondary N) is 1. The van der Waals surface area contributed by atoms with E-state index < -0.39 is 0 Å². The van der Waals surface area contributed by atoms with Crippen LogP contribution in [-0.4, -0.2) is 45.7 Å². The number of nitrogens with zero attached hydrogens (tertiary/aromatic N) is 4. The van der Waals surface area contributed by atoms with Crippen LogP contribution in [0, 0.1) is 12.8 Å². The van der Waals surface area contributed by atoms with Crippen molar-refractivity contribution in [3.63, 3.8) is 0 Å². The molecule has 0 radical (unpaired) electrons. The zero-order valence-corrected chi connectivity index (χ0v) is 16.5. The molecule has 1 saturated heterocycles. The summed E-state index contributed by atoms with van der Waals surface area (Å²) in [5, 5.41) is 10.9. The summed E-state index contributed by atoms with van der Waals surface area (Å²) in [4.78, 5) is 19.0. The molecule has 0 aliphatic carbocycles. The van der Waals surface area contributed by atoms with E-state index in [4.69, 9.17) is 9.05 Å². The van der Waals surface area contributed by atoms with Gasteiger partial charge in [-0.1, -0.05) is 28.5 Å². The van der Waals surface area contributed by atoms with E-state index in [0.29, 0.717) is 36.5 Å². The number of rotatable bonds is 7. The Labute approximate surface area is 169 Å². The lowest BCUT2D eigenvalue weighted by atomic mass is 9.98. The van der Waals surface area contributed by atoms with E-state index in [1.165, 1.54) is 0 Å². The second-order valence-electron chi connectivity index (χ2n) is 7.54. The molecule has 1 N–H and O–H groups in total. The molecular weight excluding hydrogens is 370 g/mol. The first-order valence-corrected chi connectivity index (χ1v) is 9.95. The molecule has 8 nitrogen and oxygen atoms in total. The molecule has 1 aliphatic rings. The van der Waals surface area contributed by atoms with Crippen LogP contribution in [0.25, 0.3) is 11.5 Å². The molecule has 1 unspecified atom stereocenters. The second kappa shape index (κ2) is 9.00. The fourth-order valence-electron chi connectivity index (χ4n) is 3.66. The number of piperidine rings is 1. The lowest BCUT2D eigenvalue weighted by molar-refractivity contribution is -0.121. The Morgan fingerprint density at radius 2 is 2.10 bits per heavy atom. The summed E-state index contributed by atoms with van der Waals surface area (Å²) in [5.41, 5.74) is 1.71. The number of hydrogen-bond acceptors (Lipinski definition) is 7. The predicted octanol–water partition coefficient (Wildman–Crippen LogP) is 2.60. The van der Waals surface area contributed by atoms with E-state index in [-0.39, 0.29) is 12.3 Å². The summed E-state index contributed by atoms with van der Waals surface area (Å²) >= 11 is 0. The van der Waals surface area contributed by atoms with Crippen molar-refractivity contribution in [1.29, 1.82) is 0 Å². The maximum Gasteiger partial charge on any atom is 0.257 e. The van der Waals surface area contributed by atoms with Crippen molar-refractivity contribution < 1.29 is 13.8 Å². The van der Waals surface area contributed by atoms with E-state index in [9.17, 15) is 4.79 Å². The highest BCUT2D eigenvalue weighted by Crippen LogP contribution is 2.20. The van der Waals surface area contributed by atoms with Gasteiger partial charge in [0, 0.05) is 24.7 Å². The SMILES string of the molecule is Cc1cc(CC(=O)NCC2CCCN(Cc3noc(-c4ccccc4)n3)C2)on1. The summed E-state index contributed by atoms with van der Waals surface area (Å²) in [6.07, 6.45) is 2.41. The highest BCUT2D eigenvalue weighted by atomic mass is 16.5. The van der Waals surface area contributed by atoms with Crippen LogP contribution in [-0.2, 0) is 17.8 Å². The number of likely N-dealkylation sites (tertiary alicyclic amines) is 1. The van der Waals surface area contributed by atoms with E-state index in [0.717, 1.165) is 37.2 Å². The van der Waals surface area contributed by atoms with Gasteiger partial charge in [0.15, 0.2) is 5.82 Å². The highest BCUT2D eigenvalue weighted by Gasteiger charge is 2.22. The minimum Gasteiger partial charge on any atom is -0.361 e. The molecular formula is C21H25N5O3. The molecule has 4 rings (SSSR count). The number of amides is 1. The van der Waals surface area contributed by atoms with Gasteiger partial charge in [-0.2, -0.15) is 4.98 Å². The number of carbonyl (C=O) groups is 1. The van der Waals surface area contributed by atoms with Crippen molar-refractivity contribution in [3.05, 3.63) is 53.7 Å². The molecule has 1 atom stereocenters. The average Bonchev–Trinajstić information content (AvgIpc) is 3.36. The van der Waals surface area contributed by atoms with Crippen LogP contribution in [0.1, 0.15) is 30.1 Å². The third-order valence-corrected chi connectivity index (χ3v) is 5.06. The molecule has 1 aromatic carbocycles. The number of hydrogen-bond donors (Lipinski definition) is 1. The first-order valence-electron chi connectivity index (χ1n) is 9.95. The van der Waals surface area contributed by atoms with Crippen LogP contribution >= 0.6 is 0 Å². The maximum absolute atomic E-state index is 12.1. The van der Waals surface area contributed by atoms with Gasteiger partial charge in [0.05, 0.1) is 18.7 Å². The van der Waals surface area contributed by atoms with Crippen molar-refractivity contribution in [2.24, 2.45) is 5.92 Å². The van der Waals surface area contributed by atoms with Crippen LogP contribution in [0.5, 0.6) is 0 Å². The first kappa shape index (κ1) is 19.3. The molecule has 0 bridgehead atoms. The number of benzene rings is 1. The zero-order valence-electron chi connectivity index (χ0n) is 16.5. The molecule has 0 saturated carbocycles. The molecule has 0 spiro atoms. The van der Waals surface area contributed by atoms with Gasteiger partial charge in [-0.25, -0.2) is 0 Å². The minimum atomic E-state index is -0.0380. The molecule has 1 amide bonds. The largest absolute Gasteiger partial charge is 0.361 e. The van der Waals surface area contributed by atoms with Gasteiger partial charge in [-0.05, 0) is 44.4 Å². The average molecular weight is 395 g/mol. The maximum atomic E-state index is 12.1. The number of aryl methyl sites for hydroxylation is 1. The Morgan fingerprint density at radius 1 is 1.24 bits per heavy atom. The van der Waals surface area contributed by atoms with Crippen LogP contribution < -0.4 is 5.32 Å². The lowest BCUT2D eigenvalue weighted by Gasteiger charge is -2.31. The van der Waals surface area contributed by atoms with Gasteiger partial charge < -0.3 is 14.4 Å². The molecule has 1 aliphatic heterocycles. The van der Waals surface area contributed by atoms with Crippen molar-refractivity contribution in [2.45, 2.75) is 32.7 Å². The van der Waals surface area contributed by atoms with Gasteiger partial charge in [0.2, 0.25) is 5.91 Å². The smallest absolute Gasteiger partial charge is 0.257 e. The Bertz CT molecular complexity index is 937. The third kappa shape index (κ3) is 5.29. The Balaban J connectivity index is 1.25. The topological polar surface area (TPSA) is 97.3 Å². The standard InChI is InChI=1S/C21H25N5O3/c1-15-10-18(28-24-15)11-20(27)22-12-16-6-5-9-26(13-16)14-19-23-21(29-25-19)17-7-3-2-4-8-17/h2-4,7-8,10,16H,5-6,9,11-14H2,1H3,(H,22,27). The molecule has 29 heavy (non-hydrogen) atoms. The minimum absolute atomic E-state index is 0.0380. The highest BCUT2D eigenvalue weighted by molar-refractivity contribution is 5.77. The number of aromatic nitrogens is 3. The fourth-order valence-corrected chi connectivity index (χ4v) is 3.66. The lowest BCUT2D eigenvalue weighted by Crippen LogP contribution is -2.41. The van der Waals surface area contributed by atoms with Gasteiger partial charge >= 0.3 is 0 Å². The van der Waals surface area contributed by atoms with E-state index in [1.54, 1.807) is 6.07 Å². The van der Waals surface area contributed by atoms with Crippen LogP contribution in [0.4, 0.5) is 0 Å². The third-order valence-electron chi connectivity index (χ3n) is 5.06. The van der Waals surface area contributed by atoms with E-state index in [1.807, 2.05) is 37.3 Å². The fraction of sp³-hybridized carbons (Fsp3) is 0.429. The zero-order chi connectivity index (χ0) is 20.1. The molecule has 1 fully saturated rings. The van der Waals surface area contributed by atoms with Crippen molar-refractivity contribution in [3.8, 4) is 11.5 Å². The second-order valence-corrected chi connectivity index (χ2v) is 7.54. The van der Waals surface area contributed by atoms with Crippen molar-refractivity contribution >= 4 is 5.91 Å². The van der Waals surface area contributed by atoms with Crippen LogP contribution in [0.3, 0.4) is 0 Å². The molecule has 8 heteroatoms. The van der Waals surface area contributed by atoms with E-state index >= 15 is 0 Å². The summed E-state index contributed by atoms with van der Waals surface area (Å²) in [6.45, 7) is 5.05. The Hall–Kier alpha value is -3.00. The molecule has 3 aromatic rings. The summed E-state index contributed by atoms with van der Waals surface area (Å²) in [6, 6.07) is 11.6. The quantitative estimate of drug-likeness (QED) is 0.657. The Kier molecular flexibility index (Phi) is 6.00. The van der Waals surface area contributed by atoms with Crippen LogP contribution in [0.2, 0.25) is 0 Å². The molecule has 2 aromatic heterocycles. The number of carbonyl (C=O) groups excluding carboxylic acids is 1. The van der Waals surface area contributed by atoms with Gasteiger partial charge in [-0.15, -0.1) is 0 Å². The van der Waals surface area contributed by atoms with Gasteiger partial charge in [0.25, 0.3) is 5.89 Å². The van der Waals surface area contributed by atoms with Crippen LogP contribution in [0.15, 0.2) is 45.4 Å². The molecule has 152 valence electrons. The van der Waals surface area contributed by atoms with Crippen molar-refractivity contribution in [2.75, 3.05) is 19.6 Å². The van der Waals surface area contributed by atoms with Gasteiger partial charge in [0.1, 0.15) is 5.76 Å². The summed E-state index contributed by atoms with van der Waals surface area (Å²) < 4.78 is 10.5. The van der Waals surface area contributed by atoms with E-state index in [2.05, 4.69) is 25.5 Å². The molecule has 3 heterocycles. The summed E-state index contributed by atoms with van der Waals surface area (Å²) in [7, 11) is 0. The summed E-state index contributed by atoms with van der Waals surface area (Å²) in [5.74, 6) is 2.20. The first-order chi connectivity index (χ1) is 14.2.